The number of nitrogens with zero attached hydrogens (tertiary/aromatic N) is 1. The van der Waals surface area contributed by atoms with Crippen molar-refractivity contribution in [3.8, 4) is 0 Å². The smallest absolute Gasteiger partial charge is 0.253 e. The van der Waals surface area contributed by atoms with Gasteiger partial charge in [0.05, 0.1) is 6.61 Å². The van der Waals surface area contributed by atoms with E-state index < -0.39 is 0 Å². The molecule has 0 aliphatic carbocycles. The molecule has 1 aliphatic heterocycles. The molecular weight excluding hydrogens is 284 g/mol. The monoisotopic (exact) mass is 298 g/mol. The van der Waals surface area contributed by atoms with Gasteiger partial charge < -0.3 is 9.74 Å². The van der Waals surface area contributed by atoms with E-state index in [0.717, 1.165) is 24.0 Å². The molecule has 1 aromatic rings. The van der Waals surface area contributed by atoms with Crippen molar-refractivity contribution in [1.82, 2.24) is 4.90 Å². The summed E-state index contributed by atoms with van der Waals surface area (Å²) in [6.07, 6.45) is 0.955. The lowest BCUT2D eigenvalue weighted by molar-refractivity contribution is 0.0754. The van der Waals surface area contributed by atoms with Gasteiger partial charge in [-0.05, 0) is 24.6 Å². The van der Waals surface area contributed by atoms with Gasteiger partial charge in [-0.2, -0.15) is 0 Å². The fourth-order valence-electron chi connectivity index (χ4n) is 2.09. The Morgan fingerprint density at radius 1 is 1.59 bits per heavy atom. The van der Waals surface area contributed by atoms with E-state index in [1.165, 1.54) is 0 Å². The van der Waals surface area contributed by atoms with E-state index >= 15 is 0 Å². The van der Waals surface area contributed by atoms with Crippen LogP contribution in [0.25, 0.3) is 0 Å². The van der Waals surface area contributed by atoms with Gasteiger partial charge in [-0.15, -0.1) is 0 Å². The molecule has 1 aromatic carbocycles. The maximum atomic E-state index is 12.2. The number of halogens is 1. The normalized spacial score (nSPS) is 19.6. The van der Waals surface area contributed by atoms with Crippen LogP contribution in [-0.2, 0) is 4.84 Å². The van der Waals surface area contributed by atoms with E-state index in [4.69, 9.17) is 5.90 Å². The summed E-state index contributed by atoms with van der Waals surface area (Å²) >= 11 is 3.37. The van der Waals surface area contributed by atoms with Crippen LogP contribution in [0.15, 0.2) is 28.7 Å². The Labute approximate surface area is 109 Å². The van der Waals surface area contributed by atoms with Crippen LogP contribution in [0.2, 0.25) is 0 Å². The first-order chi connectivity index (χ1) is 8.20. The van der Waals surface area contributed by atoms with Crippen molar-refractivity contribution < 1.29 is 9.63 Å². The third kappa shape index (κ3) is 3.06. The highest BCUT2D eigenvalue weighted by atomic mass is 79.9. The number of carbonyl (C=O) groups excluding carboxylic acids is 1. The minimum Gasteiger partial charge on any atom is -0.338 e. The van der Waals surface area contributed by atoms with E-state index in [-0.39, 0.29) is 5.91 Å². The molecule has 0 aromatic heterocycles. The molecule has 2 rings (SSSR count). The number of hydrogen-bond acceptors (Lipinski definition) is 3. The number of nitrogens with two attached hydrogens (primary N) is 1. The average molecular weight is 299 g/mol. The third-order valence-corrected chi connectivity index (χ3v) is 3.47. The number of benzene rings is 1. The summed E-state index contributed by atoms with van der Waals surface area (Å²) in [6.45, 7) is 2.02. The molecule has 0 spiro atoms. The molecule has 0 radical (unpaired) electrons. The number of likely N-dealkylation sites (tertiary alicyclic amines) is 1. The van der Waals surface area contributed by atoms with Crippen molar-refractivity contribution in [1.29, 1.82) is 0 Å². The fourth-order valence-corrected chi connectivity index (χ4v) is 2.49. The molecule has 4 nitrogen and oxygen atoms in total. The summed E-state index contributed by atoms with van der Waals surface area (Å²) in [5.74, 6) is 5.48. The van der Waals surface area contributed by atoms with Crippen molar-refractivity contribution in [3.05, 3.63) is 34.3 Å². The number of hydrogen-bond donors (Lipinski definition) is 1. The summed E-state index contributed by atoms with van der Waals surface area (Å²) in [5.41, 5.74) is 0.716. The summed E-state index contributed by atoms with van der Waals surface area (Å²) in [4.78, 5) is 18.7. The second kappa shape index (κ2) is 5.62. The first kappa shape index (κ1) is 12.5. The van der Waals surface area contributed by atoms with E-state index in [2.05, 4.69) is 20.8 Å². The summed E-state index contributed by atoms with van der Waals surface area (Å²) < 4.78 is 0.921. The zero-order chi connectivity index (χ0) is 12.3. The maximum absolute atomic E-state index is 12.2. The van der Waals surface area contributed by atoms with Crippen LogP contribution in [-0.4, -0.2) is 30.5 Å². The largest absolute Gasteiger partial charge is 0.338 e. The van der Waals surface area contributed by atoms with Crippen LogP contribution in [0.1, 0.15) is 16.8 Å². The zero-order valence-corrected chi connectivity index (χ0v) is 11.0. The molecule has 5 heteroatoms. The van der Waals surface area contributed by atoms with Crippen molar-refractivity contribution in [2.24, 2.45) is 11.8 Å². The molecule has 1 atom stereocenters. The molecule has 1 heterocycles. The lowest BCUT2D eigenvalue weighted by atomic mass is 10.1. The predicted octanol–water partition coefficient (Wildman–Crippen LogP) is 1.80. The molecule has 1 saturated heterocycles. The minimum atomic E-state index is 0.0748. The van der Waals surface area contributed by atoms with Gasteiger partial charge in [0, 0.05) is 29.0 Å². The molecule has 2 N–H and O–H groups in total. The Hall–Kier alpha value is -0.910. The van der Waals surface area contributed by atoms with E-state index in [1.54, 1.807) is 0 Å². The SMILES string of the molecule is NOCC1CCN(C(=O)c2cccc(Br)c2)C1. The number of rotatable bonds is 3. The van der Waals surface area contributed by atoms with Crippen LogP contribution < -0.4 is 5.90 Å². The highest BCUT2D eigenvalue weighted by Gasteiger charge is 2.26. The van der Waals surface area contributed by atoms with E-state index in [0.29, 0.717) is 18.1 Å². The molecule has 17 heavy (non-hydrogen) atoms. The van der Waals surface area contributed by atoms with Crippen LogP contribution in [0.5, 0.6) is 0 Å². The average Bonchev–Trinajstić information content (AvgIpc) is 2.77. The standard InChI is InChI=1S/C12H15BrN2O2/c13-11-3-1-2-10(6-11)12(16)15-5-4-9(7-15)8-17-14/h1-3,6,9H,4-5,7-8,14H2. The van der Waals surface area contributed by atoms with E-state index in [1.807, 2.05) is 29.2 Å². The molecule has 1 amide bonds. The van der Waals surface area contributed by atoms with Crippen molar-refractivity contribution >= 4 is 21.8 Å². The first-order valence-corrected chi connectivity index (χ1v) is 6.36. The molecule has 0 bridgehead atoms. The van der Waals surface area contributed by atoms with Crippen LogP contribution in [0.3, 0.4) is 0 Å². The van der Waals surface area contributed by atoms with E-state index in [9.17, 15) is 4.79 Å². The van der Waals surface area contributed by atoms with Crippen molar-refractivity contribution in [2.45, 2.75) is 6.42 Å². The second-order valence-electron chi connectivity index (χ2n) is 4.25. The van der Waals surface area contributed by atoms with Gasteiger partial charge in [0.1, 0.15) is 0 Å². The molecule has 0 saturated carbocycles. The third-order valence-electron chi connectivity index (χ3n) is 2.98. The van der Waals surface area contributed by atoms with Crippen molar-refractivity contribution in [3.63, 3.8) is 0 Å². The van der Waals surface area contributed by atoms with Gasteiger partial charge >= 0.3 is 0 Å². The Bertz CT molecular complexity index is 411. The van der Waals surface area contributed by atoms with Crippen LogP contribution in [0, 0.1) is 5.92 Å². The lowest BCUT2D eigenvalue weighted by Gasteiger charge is -2.16. The highest BCUT2D eigenvalue weighted by Crippen LogP contribution is 2.20. The van der Waals surface area contributed by atoms with Gasteiger partial charge in [0.2, 0.25) is 0 Å². The Morgan fingerprint density at radius 3 is 3.12 bits per heavy atom. The topological polar surface area (TPSA) is 55.6 Å². The molecule has 1 fully saturated rings. The maximum Gasteiger partial charge on any atom is 0.253 e. The molecule has 1 unspecified atom stereocenters. The highest BCUT2D eigenvalue weighted by molar-refractivity contribution is 9.10. The van der Waals surface area contributed by atoms with Gasteiger partial charge in [-0.25, -0.2) is 5.90 Å². The van der Waals surface area contributed by atoms with Gasteiger partial charge in [0.25, 0.3) is 5.91 Å². The fraction of sp³-hybridized carbons (Fsp3) is 0.417. The second-order valence-corrected chi connectivity index (χ2v) is 5.17. The summed E-state index contributed by atoms with van der Waals surface area (Å²) in [5, 5.41) is 0. The van der Waals surface area contributed by atoms with Crippen molar-refractivity contribution in [2.75, 3.05) is 19.7 Å². The summed E-state index contributed by atoms with van der Waals surface area (Å²) in [6, 6.07) is 7.45. The minimum absolute atomic E-state index is 0.0748. The van der Waals surface area contributed by atoms with Gasteiger partial charge in [-0.3, -0.25) is 4.79 Å². The first-order valence-electron chi connectivity index (χ1n) is 5.57. The predicted molar refractivity (Wildman–Crippen MR) is 68.3 cm³/mol. The number of carbonyl (C=O) groups is 1. The lowest BCUT2D eigenvalue weighted by Crippen LogP contribution is -2.29. The Morgan fingerprint density at radius 2 is 2.41 bits per heavy atom. The molecule has 92 valence electrons. The summed E-state index contributed by atoms with van der Waals surface area (Å²) in [7, 11) is 0. The quantitative estimate of drug-likeness (QED) is 0.866. The van der Waals surface area contributed by atoms with Crippen LogP contribution >= 0.6 is 15.9 Å². The molecular formula is C12H15BrN2O2. The van der Waals surface area contributed by atoms with Crippen LogP contribution in [0.4, 0.5) is 0 Å². The Balaban J connectivity index is 2.02. The molecule has 1 aliphatic rings. The van der Waals surface area contributed by atoms with Gasteiger partial charge in [-0.1, -0.05) is 22.0 Å². The number of amides is 1. The Kier molecular flexibility index (Phi) is 4.15. The van der Waals surface area contributed by atoms with Gasteiger partial charge in [0.15, 0.2) is 0 Å². The zero-order valence-electron chi connectivity index (χ0n) is 9.43.